The second kappa shape index (κ2) is 5.18. The van der Waals surface area contributed by atoms with E-state index < -0.39 is 0 Å². The quantitative estimate of drug-likeness (QED) is 0.703. The monoisotopic (exact) mass is 196 g/mol. The van der Waals surface area contributed by atoms with Gasteiger partial charge >= 0.3 is 0 Å². The number of carbonyl (C=O) groups excluding carboxylic acids is 1. The van der Waals surface area contributed by atoms with Crippen LogP contribution in [-0.4, -0.2) is 5.78 Å². The number of Topliss-reactive ketones (excluding diaryl/α,β-unsaturated/α-hetero) is 1. The molecule has 0 fully saturated rings. The lowest BCUT2D eigenvalue weighted by Gasteiger charge is -2.11. The summed E-state index contributed by atoms with van der Waals surface area (Å²) in [6.45, 7) is 3.85. The van der Waals surface area contributed by atoms with Gasteiger partial charge < -0.3 is 4.79 Å². The smallest absolute Gasteiger partial charge is 0.129 e. The van der Waals surface area contributed by atoms with E-state index in [1.165, 1.54) is 5.56 Å². The van der Waals surface area contributed by atoms with Gasteiger partial charge in [-0.1, -0.05) is 6.92 Å². The number of hydrogen-bond donors (Lipinski definition) is 0. The largest absolute Gasteiger partial charge is 0.300 e. The van der Waals surface area contributed by atoms with Crippen LogP contribution in [-0.2, 0) is 4.79 Å². The lowest BCUT2D eigenvalue weighted by Crippen LogP contribution is -1.99. The van der Waals surface area contributed by atoms with Crippen LogP contribution in [0.15, 0.2) is 16.8 Å². The molecule has 0 radical (unpaired) electrons. The van der Waals surface area contributed by atoms with E-state index in [9.17, 15) is 4.79 Å². The first kappa shape index (κ1) is 10.5. The average molecular weight is 196 g/mol. The Morgan fingerprint density at radius 3 is 2.85 bits per heavy atom. The highest BCUT2D eigenvalue weighted by Crippen LogP contribution is 2.26. The first-order valence-electron chi connectivity index (χ1n) is 4.75. The predicted octanol–water partition coefficient (Wildman–Crippen LogP) is 3.61. The van der Waals surface area contributed by atoms with Crippen LogP contribution in [0.1, 0.15) is 44.6 Å². The Hall–Kier alpha value is -0.630. The molecule has 2 heteroatoms. The van der Waals surface area contributed by atoms with Crippen LogP contribution < -0.4 is 0 Å². The van der Waals surface area contributed by atoms with Crippen LogP contribution in [0, 0.1) is 0 Å². The lowest BCUT2D eigenvalue weighted by atomic mass is 9.93. The molecular formula is C11H16OS. The molecule has 0 N–H and O–H groups in total. The second-order valence-electron chi connectivity index (χ2n) is 3.40. The molecule has 1 unspecified atom stereocenters. The van der Waals surface area contributed by atoms with Gasteiger partial charge in [0.1, 0.15) is 5.78 Å². The van der Waals surface area contributed by atoms with Crippen LogP contribution in [0.3, 0.4) is 0 Å². The maximum Gasteiger partial charge on any atom is 0.129 e. The Morgan fingerprint density at radius 1 is 1.62 bits per heavy atom. The molecule has 1 atom stereocenters. The SMILES string of the molecule is CCC(CCC(C)=O)c1ccsc1. The van der Waals surface area contributed by atoms with Crippen LogP contribution in [0.2, 0.25) is 0 Å². The van der Waals surface area contributed by atoms with Crippen molar-refractivity contribution >= 4 is 17.1 Å². The first-order valence-corrected chi connectivity index (χ1v) is 5.69. The van der Waals surface area contributed by atoms with Gasteiger partial charge in [0.05, 0.1) is 0 Å². The van der Waals surface area contributed by atoms with Gasteiger partial charge in [0.25, 0.3) is 0 Å². The van der Waals surface area contributed by atoms with Gasteiger partial charge in [-0.25, -0.2) is 0 Å². The Balaban J connectivity index is 2.49. The Labute approximate surface area is 83.8 Å². The highest BCUT2D eigenvalue weighted by molar-refractivity contribution is 7.07. The third kappa shape index (κ3) is 3.31. The van der Waals surface area contributed by atoms with Gasteiger partial charge in [-0.2, -0.15) is 11.3 Å². The second-order valence-corrected chi connectivity index (χ2v) is 4.18. The standard InChI is InChI=1S/C11H16OS/c1-3-10(5-4-9(2)12)11-6-7-13-8-11/h6-8,10H,3-5H2,1-2H3. The summed E-state index contributed by atoms with van der Waals surface area (Å²) in [5.41, 5.74) is 1.40. The van der Waals surface area contributed by atoms with Crippen molar-refractivity contribution < 1.29 is 4.79 Å². The van der Waals surface area contributed by atoms with Crippen LogP contribution in [0.4, 0.5) is 0 Å². The Bertz CT molecular complexity index is 251. The van der Waals surface area contributed by atoms with E-state index >= 15 is 0 Å². The fourth-order valence-electron chi connectivity index (χ4n) is 1.49. The van der Waals surface area contributed by atoms with E-state index in [0.717, 1.165) is 12.8 Å². The van der Waals surface area contributed by atoms with Gasteiger partial charge in [-0.3, -0.25) is 0 Å². The van der Waals surface area contributed by atoms with Crippen molar-refractivity contribution in [2.75, 3.05) is 0 Å². The molecule has 1 rings (SSSR count). The van der Waals surface area contributed by atoms with Gasteiger partial charge in [-0.15, -0.1) is 0 Å². The fourth-order valence-corrected chi connectivity index (χ4v) is 2.23. The number of thiophene rings is 1. The number of hydrogen-bond acceptors (Lipinski definition) is 2. The highest BCUT2D eigenvalue weighted by atomic mass is 32.1. The minimum atomic E-state index is 0.300. The minimum Gasteiger partial charge on any atom is -0.300 e. The summed E-state index contributed by atoms with van der Waals surface area (Å²) in [6.07, 6.45) is 2.85. The normalized spacial score (nSPS) is 12.8. The van der Waals surface area contributed by atoms with Gasteiger partial charge in [-0.05, 0) is 48.1 Å². The molecule has 0 aromatic carbocycles. The van der Waals surface area contributed by atoms with Gasteiger partial charge in [0.15, 0.2) is 0 Å². The molecular weight excluding hydrogens is 180 g/mol. The lowest BCUT2D eigenvalue weighted by molar-refractivity contribution is -0.117. The van der Waals surface area contributed by atoms with Gasteiger partial charge in [0.2, 0.25) is 0 Å². The molecule has 0 aliphatic heterocycles. The van der Waals surface area contributed by atoms with E-state index in [1.54, 1.807) is 18.3 Å². The number of carbonyl (C=O) groups is 1. The maximum atomic E-state index is 10.8. The van der Waals surface area contributed by atoms with Crippen molar-refractivity contribution in [3.8, 4) is 0 Å². The number of rotatable bonds is 5. The molecule has 1 heterocycles. The average Bonchev–Trinajstić information content (AvgIpc) is 2.58. The summed E-state index contributed by atoms with van der Waals surface area (Å²) >= 11 is 1.73. The Kier molecular flexibility index (Phi) is 4.16. The van der Waals surface area contributed by atoms with Crippen molar-refractivity contribution in [3.63, 3.8) is 0 Å². The molecule has 0 saturated carbocycles. The summed E-state index contributed by atoms with van der Waals surface area (Å²) in [5, 5.41) is 4.29. The molecule has 0 saturated heterocycles. The van der Waals surface area contributed by atoms with Crippen LogP contribution in [0.5, 0.6) is 0 Å². The molecule has 13 heavy (non-hydrogen) atoms. The molecule has 0 aliphatic rings. The van der Waals surface area contributed by atoms with E-state index in [-0.39, 0.29) is 0 Å². The molecule has 0 amide bonds. The van der Waals surface area contributed by atoms with Crippen molar-refractivity contribution in [2.24, 2.45) is 0 Å². The van der Waals surface area contributed by atoms with E-state index in [1.807, 2.05) is 0 Å². The summed E-state index contributed by atoms with van der Waals surface area (Å²) < 4.78 is 0. The summed E-state index contributed by atoms with van der Waals surface area (Å²) in [5.74, 6) is 0.879. The molecule has 1 aromatic heterocycles. The van der Waals surface area contributed by atoms with E-state index in [4.69, 9.17) is 0 Å². The third-order valence-corrected chi connectivity index (χ3v) is 3.05. The molecule has 0 aliphatic carbocycles. The molecule has 0 spiro atoms. The zero-order valence-electron chi connectivity index (χ0n) is 8.25. The van der Waals surface area contributed by atoms with Crippen LogP contribution in [0.25, 0.3) is 0 Å². The molecule has 0 bridgehead atoms. The Morgan fingerprint density at radius 2 is 2.38 bits per heavy atom. The van der Waals surface area contributed by atoms with Crippen molar-refractivity contribution in [1.82, 2.24) is 0 Å². The van der Waals surface area contributed by atoms with E-state index in [0.29, 0.717) is 18.1 Å². The summed E-state index contributed by atoms with van der Waals surface area (Å²) in [6, 6.07) is 2.17. The third-order valence-electron chi connectivity index (χ3n) is 2.35. The molecule has 72 valence electrons. The zero-order chi connectivity index (χ0) is 9.68. The zero-order valence-corrected chi connectivity index (χ0v) is 9.06. The summed E-state index contributed by atoms with van der Waals surface area (Å²) in [4.78, 5) is 10.8. The maximum absolute atomic E-state index is 10.8. The molecule has 1 aromatic rings. The highest BCUT2D eigenvalue weighted by Gasteiger charge is 2.10. The summed E-state index contributed by atoms with van der Waals surface area (Å²) in [7, 11) is 0. The first-order chi connectivity index (χ1) is 6.24. The van der Waals surface area contributed by atoms with Crippen molar-refractivity contribution in [2.45, 2.75) is 39.0 Å². The fraction of sp³-hybridized carbons (Fsp3) is 0.545. The molecule has 1 nitrogen and oxygen atoms in total. The van der Waals surface area contributed by atoms with Crippen molar-refractivity contribution in [1.29, 1.82) is 0 Å². The van der Waals surface area contributed by atoms with Crippen LogP contribution >= 0.6 is 11.3 Å². The number of ketones is 1. The predicted molar refractivity (Wildman–Crippen MR) is 57.3 cm³/mol. The minimum absolute atomic E-state index is 0.300. The van der Waals surface area contributed by atoms with E-state index in [2.05, 4.69) is 23.8 Å². The van der Waals surface area contributed by atoms with Gasteiger partial charge in [0, 0.05) is 6.42 Å². The van der Waals surface area contributed by atoms with Crippen molar-refractivity contribution in [3.05, 3.63) is 22.4 Å². The topological polar surface area (TPSA) is 17.1 Å².